The standard InChI is InChI=1S/C18H21N3O4/c1-13-15(11-14-5-3-2-4-6-14)12-17(23)21(20-13)10-9-19-16(22)7-8-18(24)25/h2-6,12H,7-11H2,1H3,(H,19,22)(H,24,25). The summed E-state index contributed by atoms with van der Waals surface area (Å²) >= 11 is 0. The molecule has 7 nitrogen and oxygen atoms in total. The van der Waals surface area contributed by atoms with Crippen molar-refractivity contribution in [1.29, 1.82) is 0 Å². The van der Waals surface area contributed by atoms with Crippen molar-refractivity contribution in [3.8, 4) is 0 Å². The number of amides is 1. The molecule has 0 spiro atoms. The van der Waals surface area contributed by atoms with E-state index in [0.717, 1.165) is 16.8 Å². The largest absolute Gasteiger partial charge is 0.481 e. The van der Waals surface area contributed by atoms with Crippen LogP contribution in [0.5, 0.6) is 0 Å². The van der Waals surface area contributed by atoms with Gasteiger partial charge in [0.1, 0.15) is 0 Å². The first-order valence-corrected chi connectivity index (χ1v) is 8.06. The highest BCUT2D eigenvalue weighted by molar-refractivity contribution is 5.80. The number of carboxylic acid groups (broad SMARTS) is 1. The molecule has 0 atom stereocenters. The van der Waals surface area contributed by atoms with Crippen LogP contribution in [0.25, 0.3) is 0 Å². The highest BCUT2D eigenvalue weighted by atomic mass is 16.4. The van der Waals surface area contributed by atoms with Crippen molar-refractivity contribution in [3.05, 3.63) is 63.6 Å². The first kappa shape index (κ1) is 18.4. The van der Waals surface area contributed by atoms with Crippen molar-refractivity contribution in [2.45, 2.75) is 32.7 Å². The molecule has 0 aliphatic carbocycles. The summed E-state index contributed by atoms with van der Waals surface area (Å²) in [5.74, 6) is -1.37. The van der Waals surface area contributed by atoms with Crippen LogP contribution in [0.3, 0.4) is 0 Å². The van der Waals surface area contributed by atoms with E-state index in [1.807, 2.05) is 37.3 Å². The number of nitrogens with one attached hydrogen (secondary N) is 1. The maximum Gasteiger partial charge on any atom is 0.303 e. The number of aromatic nitrogens is 2. The molecule has 1 aromatic heterocycles. The van der Waals surface area contributed by atoms with Crippen LogP contribution in [0.1, 0.15) is 29.7 Å². The van der Waals surface area contributed by atoms with E-state index in [9.17, 15) is 14.4 Å². The topological polar surface area (TPSA) is 101 Å². The predicted octanol–water partition coefficient (Wildman–Crippen LogP) is 1.12. The monoisotopic (exact) mass is 343 g/mol. The smallest absolute Gasteiger partial charge is 0.303 e. The molecule has 1 amide bonds. The molecule has 2 rings (SSSR count). The van der Waals surface area contributed by atoms with Gasteiger partial charge in [0.25, 0.3) is 5.56 Å². The molecule has 25 heavy (non-hydrogen) atoms. The Balaban J connectivity index is 1.94. The highest BCUT2D eigenvalue weighted by Crippen LogP contribution is 2.09. The van der Waals surface area contributed by atoms with Gasteiger partial charge in [0.2, 0.25) is 5.91 Å². The normalized spacial score (nSPS) is 10.4. The average Bonchev–Trinajstić information content (AvgIpc) is 2.58. The quantitative estimate of drug-likeness (QED) is 0.748. The van der Waals surface area contributed by atoms with Gasteiger partial charge in [-0.3, -0.25) is 14.4 Å². The van der Waals surface area contributed by atoms with Crippen molar-refractivity contribution in [1.82, 2.24) is 15.1 Å². The lowest BCUT2D eigenvalue weighted by molar-refractivity contribution is -0.138. The molecule has 0 aliphatic heterocycles. The van der Waals surface area contributed by atoms with E-state index in [1.165, 1.54) is 4.68 Å². The molecule has 0 aliphatic rings. The van der Waals surface area contributed by atoms with E-state index in [0.29, 0.717) is 6.42 Å². The summed E-state index contributed by atoms with van der Waals surface area (Å²) in [5.41, 5.74) is 2.52. The second-order valence-electron chi connectivity index (χ2n) is 5.72. The molecule has 2 aromatic rings. The van der Waals surface area contributed by atoms with Crippen LogP contribution in [0.15, 0.2) is 41.2 Å². The van der Waals surface area contributed by atoms with Gasteiger partial charge < -0.3 is 10.4 Å². The first-order chi connectivity index (χ1) is 12.0. The number of carbonyl (C=O) groups excluding carboxylic acids is 1. The third-order valence-electron chi connectivity index (χ3n) is 3.74. The van der Waals surface area contributed by atoms with Crippen LogP contribution in [-0.2, 0) is 22.6 Å². The Morgan fingerprint density at radius 3 is 2.60 bits per heavy atom. The Hall–Kier alpha value is -2.96. The zero-order valence-corrected chi connectivity index (χ0v) is 14.1. The van der Waals surface area contributed by atoms with Gasteiger partial charge in [0.15, 0.2) is 0 Å². The first-order valence-electron chi connectivity index (χ1n) is 8.06. The number of aliphatic carboxylic acids is 1. The molecule has 7 heteroatoms. The van der Waals surface area contributed by atoms with E-state index in [-0.39, 0.29) is 37.4 Å². The van der Waals surface area contributed by atoms with Gasteiger partial charge in [-0.25, -0.2) is 4.68 Å². The number of aryl methyl sites for hydroxylation is 1. The van der Waals surface area contributed by atoms with Crippen molar-refractivity contribution < 1.29 is 14.7 Å². The molecule has 2 N–H and O–H groups in total. The molecule has 0 bridgehead atoms. The summed E-state index contributed by atoms with van der Waals surface area (Å²) in [4.78, 5) is 34.1. The number of carboxylic acids is 1. The lowest BCUT2D eigenvalue weighted by Gasteiger charge is -2.10. The Bertz CT molecular complexity index is 800. The molecular weight excluding hydrogens is 322 g/mol. The molecule has 0 radical (unpaired) electrons. The van der Waals surface area contributed by atoms with Crippen molar-refractivity contribution in [2.75, 3.05) is 6.54 Å². The summed E-state index contributed by atoms with van der Waals surface area (Å²) in [7, 11) is 0. The average molecular weight is 343 g/mol. The zero-order valence-electron chi connectivity index (χ0n) is 14.1. The van der Waals surface area contributed by atoms with Crippen LogP contribution >= 0.6 is 0 Å². The van der Waals surface area contributed by atoms with Gasteiger partial charge in [-0.1, -0.05) is 30.3 Å². The number of rotatable bonds is 8. The van der Waals surface area contributed by atoms with Gasteiger partial charge in [-0.2, -0.15) is 5.10 Å². The van der Waals surface area contributed by atoms with Gasteiger partial charge in [0, 0.05) is 19.0 Å². The van der Waals surface area contributed by atoms with Crippen LogP contribution in [0, 0.1) is 6.92 Å². The number of carbonyl (C=O) groups is 2. The molecule has 0 unspecified atom stereocenters. The Labute approximate surface area is 145 Å². The van der Waals surface area contributed by atoms with Gasteiger partial charge in [0.05, 0.1) is 18.7 Å². The molecule has 1 aromatic carbocycles. The van der Waals surface area contributed by atoms with E-state index in [4.69, 9.17) is 5.11 Å². The van der Waals surface area contributed by atoms with Crippen molar-refractivity contribution in [2.24, 2.45) is 0 Å². The predicted molar refractivity (Wildman–Crippen MR) is 92.4 cm³/mol. The molecule has 0 fully saturated rings. The van der Waals surface area contributed by atoms with E-state index >= 15 is 0 Å². The molecule has 0 saturated carbocycles. The van der Waals surface area contributed by atoms with E-state index in [2.05, 4.69) is 10.4 Å². The highest BCUT2D eigenvalue weighted by Gasteiger charge is 2.08. The van der Waals surface area contributed by atoms with Crippen molar-refractivity contribution >= 4 is 11.9 Å². The minimum atomic E-state index is -1.02. The van der Waals surface area contributed by atoms with Crippen LogP contribution in [0.2, 0.25) is 0 Å². The second kappa shape index (κ2) is 8.77. The molecule has 0 saturated heterocycles. The van der Waals surface area contributed by atoms with Crippen LogP contribution in [-0.4, -0.2) is 33.3 Å². The molecule has 132 valence electrons. The summed E-state index contributed by atoms with van der Waals surface area (Å²) < 4.78 is 1.31. The number of benzene rings is 1. The van der Waals surface area contributed by atoms with Crippen LogP contribution in [0.4, 0.5) is 0 Å². The van der Waals surface area contributed by atoms with E-state index in [1.54, 1.807) is 6.07 Å². The number of hydrogen-bond donors (Lipinski definition) is 2. The zero-order chi connectivity index (χ0) is 18.2. The third-order valence-corrected chi connectivity index (χ3v) is 3.74. The number of hydrogen-bond acceptors (Lipinski definition) is 4. The maximum absolute atomic E-state index is 12.2. The minimum Gasteiger partial charge on any atom is -0.481 e. The van der Waals surface area contributed by atoms with Crippen LogP contribution < -0.4 is 10.9 Å². The van der Waals surface area contributed by atoms with E-state index < -0.39 is 5.97 Å². The Morgan fingerprint density at radius 1 is 1.20 bits per heavy atom. The third kappa shape index (κ3) is 5.87. The van der Waals surface area contributed by atoms with Crippen molar-refractivity contribution in [3.63, 3.8) is 0 Å². The fourth-order valence-corrected chi connectivity index (χ4v) is 2.39. The number of nitrogens with zero attached hydrogens (tertiary/aromatic N) is 2. The Kier molecular flexibility index (Phi) is 6.45. The molecule has 1 heterocycles. The maximum atomic E-state index is 12.2. The summed E-state index contributed by atoms with van der Waals surface area (Å²) in [6, 6.07) is 11.4. The van der Waals surface area contributed by atoms with Gasteiger partial charge in [-0.15, -0.1) is 0 Å². The fourth-order valence-electron chi connectivity index (χ4n) is 2.39. The molecular formula is C18H21N3O4. The SMILES string of the molecule is Cc1nn(CCNC(=O)CCC(=O)O)c(=O)cc1Cc1ccccc1. The minimum absolute atomic E-state index is 0.0767. The summed E-state index contributed by atoms with van der Waals surface area (Å²) in [6.45, 7) is 2.31. The second-order valence-corrected chi connectivity index (χ2v) is 5.72. The fraction of sp³-hybridized carbons (Fsp3) is 0.333. The van der Waals surface area contributed by atoms with Gasteiger partial charge >= 0.3 is 5.97 Å². The summed E-state index contributed by atoms with van der Waals surface area (Å²) in [5, 5.41) is 15.4. The van der Waals surface area contributed by atoms with Gasteiger partial charge in [-0.05, 0) is 24.5 Å². The lowest BCUT2D eigenvalue weighted by atomic mass is 10.0. The lowest BCUT2D eigenvalue weighted by Crippen LogP contribution is -2.32. The summed E-state index contributed by atoms with van der Waals surface area (Å²) in [6.07, 6.45) is 0.353. The Morgan fingerprint density at radius 2 is 1.92 bits per heavy atom.